The van der Waals surface area contributed by atoms with Crippen LogP contribution in [0.1, 0.15) is 52.7 Å². The van der Waals surface area contributed by atoms with Crippen molar-refractivity contribution in [1.82, 2.24) is 13.8 Å². The lowest BCUT2D eigenvalue weighted by atomic mass is 9.84. The van der Waals surface area contributed by atoms with Crippen molar-refractivity contribution in [3.05, 3.63) is 169 Å². The summed E-state index contributed by atoms with van der Waals surface area (Å²) in [6.45, 7) is 14.1. The van der Waals surface area contributed by atoms with E-state index in [1.165, 1.54) is 97.8 Å². The van der Waals surface area contributed by atoms with Crippen molar-refractivity contribution in [2.75, 3.05) is 4.90 Å². The van der Waals surface area contributed by atoms with Gasteiger partial charge in [-0.05, 0) is 104 Å². The third-order valence-electron chi connectivity index (χ3n) is 13.6. The van der Waals surface area contributed by atoms with E-state index >= 15 is 0 Å². The number of pyridine rings is 1. The van der Waals surface area contributed by atoms with Crippen molar-refractivity contribution in [2.45, 2.75) is 52.4 Å². The van der Waals surface area contributed by atoms with Gasteiger partial charge in [-0.2, -0.15) is 0 Å². The lowest BCUT2D eigenvalue weighted by Crippen LogP contribution is -2.11. The van der Waals surface area contributed by atoms with Crippen LogP contribution in [0.4, 0.5) is 17.1 Å². The van der Waals surface area contributed by atoms with E-state index in [0.29, 0.717) is 0 Å². The van der Waals surface area contributed by atoms with Crippen LogP contribution in [-0.2, 0) is 10.8 Å². The molecule has 4 heteroatoms. The third kappa shape index (κ3) is 4.57. The number of hydrogen-bond acceptors (Lipinski definition) is 2. The second kappa shape index (κ2) is 11.8. The highest BCUT2D eigenvalue weighted by atomic mass is 15.2. The first-order chi connectivity index (χ1) is 29.6. The summed E-state index contributed by atoms with van der Waals surface area (Å²) in [5, 5.41) is 15.2. The maximum absolute atomic E-state index is 5.57. The summed E-state index contributed by atoms with van der Waals surface area (Å²) < 4.78 is 5.04. The van der Waals surface area contributed by atoms with Gasteiger partial charge in [0.05, 0.1) is 39.5 Å². The summed E-state index contributed by atoms with van der Waals surface area (Å²) in [5.74, 6) is 0. The zero-order valence-electron chi connectivity index (χ0n) is 35.3. The molecule has 0 atom stereocenters. The fraction of sp³-hybridized carbons (Fsp3) is 0.140. The van der Waals surface area contributed by atoms with Crippen LogP contribution >= 0.6 is 0 Å². The normalized spacial score (nSPS) is 13.1. The summed E-state index contributed by atoms with van der Waals surface area (Å²) in [6, 6.07) is 56.4. The predicted molar refractivity (Wildman–Crippen MR) is 261 cm³/mol. The number of fused-ring (bicyclic) bond motifs is 17. The average Bonchev–Trinajstić information content (AvgIpc) is 4.00. The Hall–Kier alpha value is -7.17. The second-order valence-corrected chi connectivity index (χ2v) is 19.3. The van der Waals surface area contributed by atoms with Crippen LogP contribution in [0.2, 0.25) is 0 Å². The molecule has 0 bridgehead atoms. The average molecular weight is 785 g/mol. The molecule has 13 aromatic rings. The smallest absolute Gasteiger partial charge is 0.146 e. The quantitative estimate of drug-likeness (QED) is 0.178. The summed E-state index contributed by atoms with van der Waals surface area (Å²) >= 11 is 0. The van der Waals surface area contributed by atoms with E-state index in [2.05, 4.69) is 213 Å². The third-order valence-corrected chi connectivity index (χ3v) is 13.6. The molecular formula is C57H44N4. The molecule has 8 aromatic carbocycles. The highest BCUT2D eigenvalue weighted by Gasteiger charge is 2.31. The van der Waals surface area contributed by atoms with Crippen LogP contribution < -0.4 is 4.90 Å². The molecule has 292 valence electrons. The first-order valence-electron chi connectivity index (χ1n) is 21.6. The van der Waals surface area contributed by atoms with Crippen molar-refractivity contribution in [3.8, 4) is 0 Å². The Morgan fingerprint density at radius 3 is 1.54 bits per heavy atom. The molecule has 0 N–H and O–H groups in total. The summed E-state index contributed by atoms with van der Waals surface area (Å²) in [6.07, 6.45) is 2.17. The minimum Gasteiger partial charge on any atom is -0.308 e. The van der Waals surface area contributed by atoms with E-state index in [9.17, 15) is 0 Å². The van der Waals surface area contributed by atoms with Crippen LogP contribution in [0.5, 0.6) is 0 Å². The number of anilines is 3. The van der Waals surface area contributed by atoms with Crippen LogP contribution in [-0.4, -0.2) is 13.8 Å². The Morgan fingerprint density at radius 2 is 0.918 bits per heavy atom. The Kier molecular flexibility index (Phi) is 6.69. The largest absolute Gasteiger partial charge is 0.308 e. The van der Waals surface area contributed by atoms with Crippen LogP contribution in [0.3, 0.4) is 0 Å². The van der Waals surface area contributed by atoms with E-state index < -0.39 is 0 Å². The molecule has 13 rings (SSSR count). The molecule has 61 heavy (non-hydrogen) atoms. The fourth-order valence-corrected chi connectivity index (χ4v) is 10.7. The highest BCUT2D eigenvalue weighted by Crippen LogP contribution is 2.52. The lowest BCUT2D eigenvalue weighted by Gasteiger charge is -2.27. The van der Waals surface area contributed by atoms with Gasteiger partial charge in [-0.1, -0.05) is 133 Å². The van der Waals surface area contributed by atoms with Gasteiger partial charge < -0.3 is 9.30 Å². The number of aromatic nitrogens is 3. The number of hydrogen-bond donors (Lipinski definition) is 0. The van der Waals surface area contributed by atoms with Crippen LogP contribution in [0, 0.1) is 0 Å². The molecule has 0 radical (unpaired) electrons. The van der Waals surface area contributed by atoms with Gasteiger partial charge in [-0.15, -0.1) is 0 Å². The first-order valence-corrected chi connectivity index (χ1v) is 21.6. The molecule has 5 heterocycles. The SMILES string of the molecule is CC(C)(C)c1cc2c3c4ccccc4ccc3n3c4ncc5c(c6cc(C(C)(C)C)cc7c8c9ccccc9cc(N(c9ccccc9)c9ccccc9)c8n5c67)c4c(c1)c23. The maximum Gasteiger partial charge on any atom is 0.146 e. The Balaban J connectivity index is 1.29. The number of benzene rings is 8. The highest BCUT2D eigenvalue weighted by molar-refractivity contribution is 6.38. The monoisotopic (exact) mass is 784 g/mol. The minimum atomic E-state index is -0.0897. The molecule has 0 aliphatic carbocycles. The van der Waals surface area contributed by atoms with E-state index in [1.54, 1.807) is 0 Å². The molecule has 0 unspecified atom stereocenters. The standard InChI is InChI=1S/C57H44N4/c1-56(2,3)35-28-41-48-39-23-15-13-17-33(39)25-26-45(48)61-53(41)44(31-35)51-50-43-30-36(57(4,5)6)29-42-49-40-24-16-14-18-34(40)27-46(54(49)60(52(42)43)47(50)32-58-55(51)61)59(37-19-9-7-10-20-37)38-21-11-8-12-22-38/h7-32H,1-6H3. The minimum absolute atomic E-state index is 0.0625. The Labute approximate surface area is 353 Å². The van der Waals surface area contributed by atoms with Gasteiger partial charge >= 0.3 is 0 Å². The van der Waals surface area contributed by atoms with Gasteiger partial charge in [0.25, 0.3) is 0 Å². The molecule has 0 saturated heterocycles. The van der Waals surface area contributed by atoms with E-state index in [1.807, 2.05) is 0 Å². The first kappa shape index (κ1) is 34.7. The van der Waals surface area contributed by atoms with Crippen molar-refractivity contribution in [3.63, 3.8) is 0 Å². The van der Waals surface area contributed by atoms with Gasteiger partial charge in [-0.25, -0.2) is 4.98 Å². The molecule has 0 saturated carbocycles. The molecule has 4 nitrogen and oxygen atoms in total. The Morgan fingerprint density at radius 1 is 0.410 bits per heavy atom. The zero-order valence-corrected chi connectivity index (χ0v) is 35.3. The van der Waals surface area contributed by atoms with Crippen molar-refractivity contribution in [1.29, 1.82) is 0 Å². The van der Waals surface area contributed by atoms with Gasteiger partial charge in [0.2, 0.25) is 0 Å². The van der Waals surface area contributed by atoms with Gasteiger partial charge in [-0.3, -0.25) is 4.40 Å². The van der Waals surface area contributed by atoms with Gasteiger partial charge in [0.15, 0.2) is 0 Å². The van der Waals surface area contributed by atoms with Crippen LogP contribution in [0.15, 0.2) is 158 Å². The fourth-order valence-electron chi connectivity index (χ4n) is 10.7. The summed E-state index contributed by atoms with van der Waals surface area (Å²) in [7, 11) is 0. The van der Waals surface area contributed by atoms with Crippen molar-refractivity contribution >= 4 is 115 Å². The number of nitrogens with zero attached hydrogens (tertiary/aromatic N) is 4. The summed E-state index contributed by atoms with van der Waals surface area (Å²) in [5.41, 5.74) is 12.9. The maximum atomic E-state index is 5.57. The van der Waals surface area contributed by atoms with Crippen molar-refractivity contribution < 1.29 is 0 Å². The molecular weight excluding hydrogens is 741 g/mol. The molecule has 0 aliphatic heterocycles. The lowest BCUT2D eigenvalue weighted by molar-refractivity contribution is 0.591. The molecule has 0 amide bonds. The molecule has 0 fully saturated rings. The molecule has 5 aromatic heterocycles. The molecule has 0 spiro atoms. The van der Waals surface area contributed by atoms with Gasteiger partial charge in [0.1, 0.15) is 5.65 Å². The summed E-state index contributed by atoms with van der Waals surface area (Å²) in [4.78, 5) is 8.02. The van der Waals surface area contributed by atoms with Crippen molar-refractivity contribution in [2.24, 2.45) is 0 Å². The van der Waals surface area contributed by atoms with E-state index in [-0.39, 0.29) is 10.8 Å². The number of rotatable bonds is 3. The van der Waals surface area contributed by atoms with E-state index in [0.717, 1.165) is 28.2 Å². The number of para-hydroxylation sites is 2. The molecule has 0 aliphatic rings. The van der Waals surface area contributed by atoms with Gasteiger partial charge in [0, 0.05) is 54.5 Å². The second-order valence-electron chi connectivity index (χ2n) is 19.3. The topological polar surface area (TPSA) is 24.9 Å². The van der Waals surface area contributed by atoms with Crippen LogP contribution in [0.25, 0.3) is 97.9 Å². The predicted octanol–water partition coefficient (Wildman–Crippen LogP) is 15.8. The zero-order chi connectivity index (χ0) is 41.1. The van der Waals surface area contributed by atoms with E-state index in [4.69, 9.17) is 4.98 Å². The Bertz CT molecular complexity index is 3890.